The zero-order chi connectivity index (χ0) is 10.7. The average molecular weight is 220 g/mol. The second-order valence-electron chi connectivity index (χ2n) is 3.08. The monoisotopic (exact) mass is 220 g/mol. The van der Waals surface area contributed by atoms with Crippen molar-refractivity contribution in [2.45, 2.75) is 0 Å². The topological polar surface area (TPSA) is 18.5 Å². The average Bonchev–Trinajstić information content (AvgIpc) is 2.81. The number of thiophene rings is 1. The molecule has 0 aliphatic carbocycles. The van der Waals surface area contributed by atoms with Gasteiger partial charge in [-0.15, -0.1) is 0 Å². The van der Waals surface area contributed by atoms with Crippen molar-refractivity contribution in [1.82, 2.24) is 0 Å². The van der Waals surface area contributed by atoms with Gasteiger partial charge in [-0.2, -0.15) is 11.3 Å². The molecule has 15 heavy (non-hydrogen) atoms. The fourth-order valence-electron chi connectivity index (χ4n) is 1.44. The Morgan fingerprint density at radius 1 is 0.933 bits per heavy atom. The molecule has 2 nitrogen and oxygen atoms in total. The minimum absolute atomic E-state index is 0.761. The van der Waals surface area contributed by atoms with Crippen LogP contribution in [0.25, 0.3) is 11.1 Å². The van der Waals surface area contributed by atoms with E-state index in [4.69, 9.17) is 9.47 Å². The molecule has 0 saturated carbocycles. The normalized spacial score (nSPS) is 10.0. The van der Waals surface area contributed by atoms with Crippen LogP contribution in [0.3, 0.4) is 0 Å². The van der Waals surface area contributed by atoms with Gasteiger partial charge in [-0.25, -0.2) is 0 Å². The van der Waals surface area contributed by atoms with E-state index in [0.717, 1.165) is 17.1 Å². The molecule has 0 atom stereocenters. The lowest BCUT2D eigenvalue weighted by atomic mass is 10.1. The van der Waals surface area contributed by atoms with Crippen molar-refractivity contribution in [1.29, 1.82) is 0 Å². The van der Waals surface area contributed by atoms with Crippen molar-refractivity contribution in [3.8, 4) is 22.6 Å². The van der Waals surface area contributed by atoms with Crippen LogP contribution in [0, 0.1) is 0 Å². The van der Waals surface area contributed by atoms with E-state index in [1.54, 1.807) is 25.6 Å². The number of hydrogen-bond acceptors (Lipinski definition) is 3. The minimum Gasteiger partial charge on any atom is -0.493 e. The van der Waals surface area contributed by atoms with Crippen LogP contribution in [-0.4, -0.2) is 14.2 Å². The molecule has 0 unspecified atom stereocenters. The second kappa shape index (κ2) is 4.36. The summed E-state index contributed by atoms with van der Waals surface area (Å²) in [6.45, 7) is 0. The molecule has 0 aliphatic rings. The van der Waals surface area contributed by atoms with Gasteiger partial charge in [-0.3, -0.25) is 0 Å². The lowest BCUT2D eigenvalue weighted by Crippen LogP contribution is -1.90. The Balaban J connectivity index is 2.43. The maximum atomic E-state index is 5.25. The highest BCUT2D eigenvalue weighted by molar-refractivity contribution is 7.08. The molecule has 1 aromatic carbocycles. The molecule has 0 fully saturated rings. The Morgan fingerprint density at radius 3 is 2.33 bits per heavy atom. The van der Waals surface area contributed by atoms with Crippen LogP contribution in [0.4, 0.5) is 0 Å². The van der Waals surface area contributed by atoms with Gasteiger partial charge in [0.1, 0.15) is 0 Å². The first-order valence-corrected chi connectivity index (χ1v) is 5.54. The van der Waals surface area contributed by atoms with Crippen molar-refractivity contribution in [3.63, 3.8) is 0 Å². The van der Waals surface area contributed by atoms with Crippen LogP contribution in [0.5, 0.6) is 11.5 Å². The first-order valence-electron chi connectivity index (χ1n) is 4.59. The van der Waals surface area contributed by atoms with Gasteiger partial charge in [0, 0.05) is 0 Å². The van der Waals surface area contributed by atoms with Crippen LogP contribution < -0.4 is 9.47 Å². The highest BCUT2D eigenvalue weighted by Gasteiger charge is 2.05. The van der Waals surface area contributed by atoms with Crippen LogP contribution >= 0.6 is 11.3 Å². The largest absolute Gasteiger partial charge is 0.493 e. The summed E-state index contributed by atoms with van der Waals surface area (Å²) in [4.78, 5) is 0. The van der Waals surface area contributed by atoms with Gasteiger partial charge >= 0.3 is 0 Å². The van der Waals surface area contributed by atoms with E-state index in [0.29, 0.717) is 0 Å². The van der Waals surface area contributed by atoms with E-state index < -0.39 is 0 Å². The third-order valence-corrected chi connectivity index (χ3v) is 2.92. The third kappa shape index (κ3) is 1.97. The van der Waals surface area contributed by atoms with Gasteiger partial charge in [0.2, 0.25) is 0 Å². The summed E-state index contributed by atoms with van der Waals surface area (Å²) < 4.78 is 10.4. The van der Waals surface area contributed by atoms with E-state index >= 15 is 0 Å². The van der Waals surface area contributed by atoms with Crippen molar-refractivity contribution in [3.05, 3.63) is 35.0 Å². The highest BCUT2D eigenvalue weighted by Crippen LogP contribution is 2.32. The molecule has 1 heterocycles. The standard InChI is InChI=1S/C12H12O2S/c1-13-11-4-3-9(7-12(11)14-2)10-5-6-15-8-10/h3-8H,1-2H3. The Hall–Kier alpha value is -1.48. The lowest BCUT2D eigenvalue weighted by molar-refractivity contribution is 0.355. The molecule has 2 aromatic rings. The molecule has 3 heteroatoms. The fourth-order valence-corrected chi connectivity index (χ4v) is 2.11. The molecule has 0 N–H and O–H groups in total. The summed E-state index contributed by atoms with van der Waals surface area (Å²) in [7, 11) is 3.29. The number of hydrogen-bond donors (Lipinski definition) is 0. The molecular weight excluding hydrogens is 208 g/mol. The predicted molar refractivity (Wildman–Crippen MR) is 62.9 cm³/mol. The van der Waals surface area contributed by atoms with E-state index in [-0.39, 0.29) is 0 Å². The van der Waals surface area contributed by atoms with Gasteiger partial charge in [0.15, 0.2) is 11.5 Å². The van der Waals surface area contributed by atoms with Gasteiger partial charge in [0.05, 0.1) is 14.2 Å². The van der Waals surface area contributed by atoms with Crippen molar-refractivity contribution in [2.75, 3.05) is 14.2 Å². The Kier molecular flexibility index (Phi) is 2.92. The molecule has 0 radical (unpaired) electrons. The van der Waals surface area contributed by atoms with E-state index in [2.05, 4.69) is 16.8 Å². The fraction of sp³-hybridized carbons (Fsp3) is 0.167. The van der Waals surface area contributed by atoms with Crippen molar-refractivity contribution >= 4 is 11.3 Å². The first-order chi connectivity index (χ1) is 7.35. The van der Waals surface area contributed by atoms with Crippen molar-refractivity contribution < 1.29 is 9.47 Å². The van der Waals surface area contributed by atoms with Crippen LogP contribution in [0.2, 0.25) is 0 Å². The van der Waals surface area contributed by atoms with Gasteiger partial charge in [0.25, 0.3) is 0 Å². The predicted octanol–water partition coefficient (Wildman–Crippen LogP) is 3.43. The second-order valence-corrected chi connectivity index (χ2v) is 3.86. The maximum Gasteiger partial charge on any atom is 0.161 e. The highest BCUT2D eigenvalue weighted by atomic mass is 32.1. The van der Waals surface area contributed by atoms with Gasteiger partial charge in [-0.1, -0.05) is 6.07 Å². The summed E-state index contributed by atoms with van der Waals surface area (Å²) >= 11 is 1.69. The molecule has 0 saturated heterocycles. The van der Waals surface area contributed by atoms with E-state index in [9.17, 15) is 0 Å². The Morgan fingerprint density at radius 2 is 1.73 bits per heavy atom. The van der Waals surface area contributed by atoms with Crippen LogP contribution in [-0.2, 0) is 0 Å². The number of benzene rings is 1. The molecule has 0 aliphatic heterocycles. The smallest absolute Gasteiger partial charge is 0.161 e. The summed E-state index contributed by atoms with van der Waals surface area (Å²) in [5.74, 6) is 1.53. The molecule has 0 spiro atoms. The SMILES string of the molecule is COc1ccc(-c2ccsc2)cc1OC. The first kappa shape index (κ1) is 10.1. The summed E-state index contributed by atoms with van der Waals surface area (Å²) in [6.07, 6.45) is 0. The molecular formula is C12H12O2S. The van der Waals surface area contributed by atoms with E-state index in [1.807, 2.05) is 18.2 Å². The molecule has 0 bridgehead atoms. The lowest BCUT2D eigenvalue weighted by Gasteiger charge is -2.08. The van der Waals surface area contributed by atoms with Gasteiger partial charge < -0.3 is 9.47 Å². The van der Waals surface area contributed by atoms with E-state index in [1.165, 1.54) is 5.56 Å². The quantitative estimate of drug-likeness (QED) is 0.789. The summed E-state index contributed by atoms with van der Waals surface area (Å²) in [6, 6.07) is 8.03. The minimum atomic E-state index is 0.761. The Bertz CT molecular complexity index is 435. The number of methoxy groups -OCH3 is 2. The third-order valence-electron chi connectivity index (χ3n) is 2.24. The summed E-state index contributed by atoms with van der Waals surface area (Å²) in [5, 5.41) is 4.17. The molecule has 2 rings (SSSR count). The molecule has 78 valence electrons. The molecule has 0 amide bonds. The number of rotatable bonds is 3. The van der Waals surface area contributed by atoms with Gasteiger partial charge in [-0.05, 0) is 40.1 Å². The number of ether oxygens (including phenoxy) is 2. The summed E-state index contributed by atoms with van der Waals surface area (Å²) in [5.41, 5.74) is 2.36. The maximum absolute atomic E-state index is 5.25. The zero-order valence-corrected chi connectivity index (χ0v) is 9.51. The molecule has 1 aromatic heterocycles. The van der Waals surface area contributed by atoms with Crippen LogP contribution in [0.1, 0.15) is 0 Å². The zero-order valence-electron chi connectivity index (χ0n) is 8.69. The van der Waals surface area contributed by atoms with Crippen LogP contribution in [0.15, 0.2) is 35.0 Å². The van der Waals surface area contributed by atoms with Crippen molar-refractivity contribution in [2.24, 2.45) is 0 Å². The Labute approximate surface area is 93.1 Å².